The van der Waals surface area contributed by atoms with Gasteiger partial charge < -0.3 is 10.6 Å². The number of allylic oxidation sites excluding steroid dienone is 1. The molecule has 1 atom stereocenters. The zero-order chi connectivity index (χ0) is 23.9. The van der Waals surface area contributed by atoms with Gasteiger partial charge in [0, 0.05) is 24.0 Å². The molecule has 2 aliphatic rings. The minimum Gasteiger partial charge on any atom is -0.351 e. The van der Waals surface area contributed by atoms with E-state index in [0.717, 1.165) is 47.6 Å². The first kappa shape index (κ1) is 22.5. The van der Waals surface area contributed by atoms with Crippen molar-refractivity contribution in [1.29, 1.82) is 0 Å². The molecule has 3 heterocycles. The highest BCUT2D eigenvalue weighted by atomic mass is 19.1. The molecule has 1 saturated carbocycles. The molecule has 3 aromatic rings. The van der Waals surface area contributed by atoms with Gasteiger partial charge in [-0.1, -0.05) is 6.08 Å². The van der Waals surface area contributed by atoms with Crippen molar-refractivity contribution in [3.8, 4) is 0 Å². The molecule has 0 spiro atoms. The van der Waals surface area contributed by atoms with Crippen molar-refractivity contribution in [1.82, 2.24) is 24.9 Å². The molecule has 34 heavy (non-hydrogen) atoms. The largest absolute Gasteiger partial charge is 0.351 e. The predicted molar refractivity (Wildman–Crippen MR) is 131 cm³/mol. The van der Waals surface area contributed by atoms with Crippen LogP contribution in [0.2, 0.25) is 0 Å². The van der Waals surface area contributed by atoms with Crippen LogP contribution in [0.4, 0.5) is 10.3 Å². The van der Waals surface area contributed by atoms with Crippen LogP contribution in [0.5, 0.6) is 0 Å². The number of fused-ring (bicyclic) bond motifs is 2. The number of halogens is 1. The molecule has 0 radical (unpaired) electrons. The molecule has 0 aromatic carbocycles. The van der Waals surface area contributed by atoms with Crippen LogP contribution in [0.1, 0.15) is 73.6 Å². The van der Waals surface area contributed by atoms with Gasteiger partial charge in [0.2, 0.25) is 5.95 Å². The Morgan fingerprint density at radius 1 is 1.32 bits per heavy atom. The van der Waals surface area contributed by atoms with E-state index in [4.69, 9.17) is 4.98 Å². The molecule has 1 fully saturated rings. The summed E-state index contributed by atoms with van der Waals surface area (Å²) in [6, 6.07) is 4.34. The number of carbonyl (C=O) groups excluding carboxylic acids is 1. The number of aryl methyl sites for hydroxylation is 1. The maximum atomic E-state index is 13.9. The van der Waals surface area contributed by atoms with Crippen LogP contribution in [0, 0.1) is 5.92 Å². The highest BCUT2D eigenvalue weighted by molar-refractivity contribution is 6.01. The van der Waals surface area contributed by atoms with Crippen LogP contribution in [0.3, 0.4) is 0 Å². The molecule has 2 N–H and O–H groups in total. The summed E-state index contributed by atoms with van der Waals surface area (Å²) in [6.07, 6.45) is 12.9. The number of anilines is 1. The minimum atomic E-state index is -1.48. The summed E-state index contributed by atoms with van der Waals surface area (Å²) in [5, 5.41) is 10.4. The summed E-state index contributed by atoms with van der Waals surface area (Å²) < 4.78 is 15.5. The smallest absolute Gasteiger partial charge is 0.255 e. The van der Waals surface area contributed by atoms with E-state index in [-0.39, 0.29) is 12.5 Å². The number of aromatic nitrogens is 4. The Balaban J connectivity index is 1.45. The van der Waals surface area contributed by atoms with Crippen LogP contribution in [0.25, 0.3) is 11.1 Å². The SMILES string of the molecule is C[C@@H](Nc1ncc2c(n1)CCCC=C2c1ccn2ncc(C(=O)NCC(C)(C)F)c2c1)C1CC1. The monoisotopic (exact) mass is 462 g/mol. The lowest BCUT2D eigenvalue weighted by Crippen LogP contribution is -2.35. The molecule has 0 aliphatic heterocycles. The van der Waals surface area contributed by atoms with Gasteiger partial charge in [0.05, 0.1) is 29.5 Å². The lowest BCUT2D eigenvalue weighted by Gasteiger charge is -2.16. The van der Waals surface area contributed by atoms with Crippen molar-refractivity contribution in [2.75, 3.05) is 11.9 Å². The average molecular weight is 463 g/mol. The van der Waals surface area contributed by atoms with Crippen molar-refractivity contribution in [3.63, 3.8) is 0 Å². The molecule has 178 valence electrons. The summed E-state index contributed by atoms with van der Waals surface area (Å²) in [7, 11) is 0. The quantitative estimate of drug-likeness (QED) is 0.537. The van der Waals surface area contributed by atoms with Gasteiger partial charge in [0.1, 0.15) is 5.67 Å². The summed E-state index contributed by atoms with van der Waals surface area (Å²) in [5.74, 6) is 1.08. The zero-order valence-electron chi connectivity index (χ0n) is 19.9. The van der Waals surface area contributed by atoms with Crippen molar-refractivity contribution in [2.45, 2.75) is 64.6 Å². The average Bonchev–Trinajstić information content (AvgIpc) is 3.60. The van der Waals surface area contributed by atoms with Crippen molar-refractivity contribution in [3.05, 3.63) is 59.2 Å². The van der Waals surface area contributed by atoms with Gasteiger partial charge >= 0.3 is 0 Å². The van der Waals surface area contributed by atoms with Crippen molar-refractivity contribution >= 4 is 22.9 Å². The molecular weight excluding hydrogens is 431 g/mol. The third kappa shape index (κ3) is 4.81. The fourth-order valence-electron chi connectivity index (χ4n) is 4.43. The van der Waals surface area contributed by atoms with Gasteiger partial charge in [-0.15, -0.1) is 0 Å². The van der Waals surface area contributed by atoms with Crippen molar-refractivity contribution < 1.29 is 9.18 Å². The highest BCUT2D eigenvalue weighted by Gasteiger charge is 2.28. The molecule has 5 rings (SSSR count). The van der Waals surface area contributed by atoms with Gasteiger partial charge in [-0.2, -0.15) is 5.10 Å². The second-order valence-electron chi connectivity index (χ2n) is 10.0. The van der Waals surface area contributed by atoms with E-state index in [1.54, 1.807) is 4.52 Å². The fraction of sp³-hybridized carbons (Fsp3) is 0.462. The Bertz CT molecular complexity index is 1250. The maximum Gasteiger partial charge on any atom is 0.255 e. The van der Waals surface area contributed by atoms with Gasteiger partial charge in [-0.25, -0.2) is 18.9 Å². The number of hydrogen-bond donors (Lipinski definition) is 2. The normalized spacial score (nSPS) is 17.0. The topological polar surface area (TPSA) is 84.2 Å². The molecule has 8 heteroatoms. The molecule has 1 amide bonds. The van der Waals surface area contributed by atoms with E-state index in [0.29, 0.717) is 23.1 Å². The number of hydrogen-bond acceptors (Lipinski definition) is 5. The first-order valence-electron chi connectivity index (χ1n) is 12.1. The summed E-state index contributed by atoms with van der Waals surface area (Å²) in [4.78, 5) is 22.2. The van der Waals surface area contributed by atoms with E-state index >= 15 is 0 Å². The summed E-state index contributed by atoms with van der Waals surface area (Å²) >= 11 is 0. The lowest BCUT2D eigenvalue weighted by molar-refractivity contribution is 0.0922. The number of nitrogens with zero attached hydrogens (tertiary/aromatic N) is 4. The number of alkyl halides is 1. The molecule has 0 bridgehead atoms. The maximum absolute atomic E-state index is 13.9. The third-order valence-corrected chi connectivity index (χ3v) is 6.56. The minimum absolute atomic E-state index is 0.0610. The molecular formula is C26H31FN6O. The Kier molecular flexibility index (Phi) is 5.83. The molecule has 7 nitrogen and oxygen atoms in total. The van der Waals surface area contributed by atoms with Gasteiger partial charge in [0.25, 0.3) is 5.91 Å². The molecule has 0 saturated heterocycles. The predicted octanol–water partition coefficient (Wildman–Crippen LogP) is 4.58. The van der Waals surface area contributed by atoms with Crippen LogP contribution in [-0.4, -0.2) is 43.7 Å². The zero-order valence-corrected chi connectivity index (χ0v) is 19.9. The van der Waals surface area contributed by atoms with Crippen LogP contribution in [-0.2, 0) is 6.42 Å². The van der Waals surface area contributed by atoms with E-state index in [9.17, 15) is 9.18 Å². The first-order chi connectivity index (χ1) is 16.3. The number of carbonyl (C=O) groups is 1. The highest BCUT2D eigenvalue weighted by Crippen LogP contribution is 2.34. The van der Waals surface area contributed by atoms with E-state index in [2.05, 4.69) is 33.7 Å². The van der Waals surface area contributed by atoms with E-state index in [1.165, 1.54) is 32.9 Å². The van der Waals surface area contributed by atoms with Gasteiger partial charge in [-0.05, 0) is 82.1 Å². The summed E-state index contributed by atoms with van der Waals surface area (Å²) in [6.45, 7) is 5.01. The lowest BCUT2D eigenvalue weighted by atomic mass is 9.98. The summed E-state index contributed by atoms with van der Waals surface area (Å²) in [5.41, 5.74) is 3.72. The first-order valence-corrected chi connectivity index (χ1v) is 12.1. The standard InChI is InChI=1S/C26H31FN6O/c1-16(17-8-9-17)31-25-28-13-20-19(6-4-5-7-22(20)32-25)18-10-11-33-23(12-18)21(14-30-33)24(34)29-15-26(2,3)27/h6,10-14,16-17H,4-5,7-9,15H2,1-3H3,(H,29,34)(H,28,31,32)/t16-/m1/s1. The van der Waals surface area contributed by atoms with Crippen LogP contribution >= 0.6 is 0 Å². The fourth-order valence-corrected chi connectivity index (χ4v) is 4.43. The van der Waals surface area contributed by atoms with Crippen LogP contribution in [0.15, 0.2) is 36.8 Å². The third-order valence-electron chi connectivity index (χ3n) is 6.56. The second-order valence-corrected chi connectivity index (χ2v) is 10.0. The molecule has 3 aromatic heterocycles. The second kappa shape index (κ2) is 8.81. The molecule has 2 aliphatic carbocycles. The Morgan fingerprint density at radius 2 is 2.15 bits per heavy atom. The van der Waals surface area contributed by atoms with Crippen LogP contribution < -0.4 is 10.6 Å². The van der Waals surface area contributed by atoms with Gasteiger partial charge in [0.15, 0.2) is 0 Å². The Labute approximate surface area is 198 Å². The van der Waals surface area contributed by atoms with Crippen molar-refractivity contribution in [2.24, 2.45) is 5.92 Å². The van der Waals surface area contributed by atoms with E-state index < -0.39 is 5.67 Å². The number of amides is 1. The molecule has 0 unspecified atom stereocenters. The van der Waals surface area contributed by atoms with E-state index in [1.807, 2.05) is 24.5 Å². The number of nitrogens with one attached hydrogen (secondary N) is 2. The van der Waals surface area contributed by atoms with Gasteiger partial charge in [-0.3, -0.25) is 4.79 Å². The Hall–Kier alpha value is -3.29. The number of rotatable bonds is 7. The number of pyridine rings is 1. The Morgan fingerprint density at radius 3 is 2.91 bits per heavy atom.